The lowest BCUT2D eigenvalue weighted by atomic mass is 10.5. The van der Waals surface area contributed by atoms with Crippen LogP contribution in [0.1, 0.15) is 13.8 Å². The molecule has 0 aromatic heterocycles. The molecule has 1 aliphatic heterocycles. The van der Waals surface area contributed by atoms with Crippen molar-refractivity contribution in [2.45, 2.75) is 20.0 Å². The van der Waals surface area contributed by atoms with Crippen LogP contribution in [-0.2, 0) is 4.79 Å². The number of hydrogen-bond acceptors (Lipinski definition) is 2. The summed E-state index contributed by atoms with van der Waals surface area (Å²) in [6.07, 6.45) is 2.78. The van der Waals surface area contributed by atoms with E-state index in [2.05, 4.69) is 5.32 Å². The van der Waals surface area contributed by atoms with Crippen molar-refractivity contribution < 1.29 is 4.79 Å². The summed E-state index contributed by atoms with van der Waals surface area (Å²) in [5.41, 5.74) is 5.21. The van der Waals surface area contributed by atoms with Crippen molar-refractivity contribution in [3.8, 4) is 0 Å². The zero-order chi connectivity index (χ0) is 7.28. The fourth-order valence-corrected chi connectivity index (χ4v) is 0.452. The van der Waals surface area contributed by atoms with Gasteiger partial charge in [0.25, 0.3) is 0 Å². The molecular weight excluding hydrogens is 116 g/mol. The highest BCUT2D eigenvalue weighted by Crippen LogP contribution is 1.86. The second kappa shape index (κ2) is 4.09. The van der Waals surface area contributed by atoms with Gasteiger partial charge in [-0.05, 0) is 6.08 Å². The summed E-state index contributed by atoms with van der Waals surface area (Å²) < 4.78 is 0. The number of amides is 1. The van der Waals surface area contributed by atoms with E-state index in [-0.39, 0.29) is 12.1 Å². The van der Waals surface area contributed by atoms with Crippen molar-refractivity contribution in [1.29, 1.82) is 0 Å². The SMILES string of the molecule is CC.NC1C=CC(=O)N1. The molecule has 0 saturated carbocycles. The number of nitrogens with one attached hydrogen (secondary N) is 1. The second-order valence-corrected chi connectivity index (χ2v) is 1.39. The number of hydrogen-bond donors (Lipinski definition) is 2. The van der Waals surface area contributed by atoms with E-state index in [1.807, 2.05) is 13.8 Å². The summed E-state index contributed by atoms with van der Waals surface area (Å²) in [4.78, 5) is 10.2. The van der Waals surface area contributed by atoms with E-state index < -0.39 is 0 Å². The van der Waals surface area contributed by atoms with Gasteiger partial charge in [0, 0.05) is 6.08 Å². The van der Waals surface area contributed by atoms with Gasteiger partial charge < -0.3 is 11.1 Å². The first-order valence-corrected chi connectivity index (χ1v) is 3.03. The van der Waals surface area contributed by atoms with Gasteiger partial charge in [-0.2, -0.15) is 0 Å². The Morgan fingerprint density at radius 3 is 2.33 bits per heavy atom. The molecule has 3 N–H and O–H groups in total. The van der Waals surface area contributed by atoms with Crippen molar-refractivity contribution >= 4 is 5.91 Å². The Hall–Kier alpha value is -0.830. The molecule has 1 heterocycles. The topological polar surface area (TPSA) is 55.1 Å². The van der Waals surface area contributed by atoms with Crippen LogP contribution in [0.5, 0.6) is 0 Å². The molecule has 0 fully saturated rings. The van der Waals surface area contributed by atoms with E-state index in [1.54, 1.807) is 6.08 Å². The molecule has 0 aromatic carbocycles. The molecule has 1 unspecified atom stereocenters. The van der Waals surface area contributed by atoms with Gasteiger partial charge in [-0.15, -0.1) is 0 Å². The summed E-state index contributed by atoms with van der Waals surface area (Å²) in [6, 6.07) is 0. The van der Waals surface area contributed by atoms with Crippen molar-refractivity contribution in [3.05, 3.63) is 12.2 Å². The van der Waals surface area contributed by atoms with Crippen LogP contribution >= 0.6 is 0 Å². The van der Waals surface area contributed by atoms with Crippen molar-refractivity contribution in [2.24, 2.45) is 5.73 Å². The monoisotopic (exact) mass is 128 g/mol. The van der Waals surface area contributed by atoms with Crippen LogP contribution in [0.15, 0.2) is 12.2 Å². The van der Waals surface area contributed by atoms with Gasteiger partial charge in [0.1, 0.15) is 0 Å². The smallest absolute Gasteiger partial charge is 0.245 e. The van der Waals surface area contributed by atoms with Crippen molar-refractivity contribution in [1.82, 2.24) is 5.32 Å². The predicted molar refractivity (Wildman–Crippen MR) is 36.6 cm³/mol. The molecule has 1 rings (SSSR count). The average Bonchev–Trinajstić information content (AvgIpc) is 2.20. The van der Waals surface area contributed by atoms with Crippen LogP contribution in [0, 0.1) is 0 Å². The van der Waals surface area contributed by atoms with Gasteiger partial charge >= 0.3 is 0 Å². The van der Waals surface area contributed by atoms with E-state index in [9.17, 15) is 4.79 Å². The standard InChI is InChI=1S/C4H6N2O.C2H6/c5-3-1-2-4(7)6-3;1-2/h1-3H,5H2,(H,6,7);1-2H3. The fourth-order valence-electron chi connectivity index (χ4n) is 0.452. The van der Waals surface area contributed by atoms with Crippen LogP contribution in [0.2, 0.25) is 0 Å². The minimum absolute atomic E-state index is 0.104. The van der Waals surface area contributed by atoms with Crippen LogP contribution in [0.25, 0.3) is 0 Å². The lowest BCUT2D eigenvalue weighted by Gasteiger charge is -1.96. The minimum Gasteiger partial charge on any atom is -0.334 e. The third kappa shape index (κ3) is 2.87. The Balaban J connectivity index is 0.000000291. The molecule has 1 aliphatic rings. The van der Waals surface area contributed by atoms with Gasteiger partial charge in [-0.1, -0.05) is 13.8 Å². The van der Waals surface area contributed by atoms with Gasteiger partial charge in [0.15, 0.2) is 0 Å². The van der Waals surface area contributed by atoms with E-state index in [4.69, 9.17) is 5.73 Å². The third-order valence-corrected chi connectivity index (χ3v) is 0.764. The highest BCUT2D eigenvalue weighted by Gasteiger charge is 2.06. The zero-order valence-electron chi connectivity index (χ0n) is 5.72. The molecule has 0 aliphatic carbocycles. The fraction of sp³-hybridized carbons (Fsp3) is 0.500. The maximum atomic E-state index is 10.2. The Morgan fingerprint density at radius 1 is 1.67 bits per heavy atom. The molecule has 9 heavy (non-hydrogen) atoms. The van der Waals surface area contributed by atoms with E-state index in [0.29, 0.717) is 0 Å². The van der Waals surface area contributed by atoms with Crippen LogP contribution < -0.4 is 11.1 Å². The third-order valence-electron chi connectivity index (χ3n) is 0.764. The van der Waals surface area contributed by atoms with Gasteiger partial charge in [-0.25, -0.2) is 0 Å². The van der Waals surface area contributed by atoms with Crippen molar-refractivity contribution in [2.75, 3.05) is 0 Å². The largest absolute Gasteiger partial charge is 0.334 e. The molecule has 0 aromatic rings. The van der Waals surface area contributed by atoms with Gasteiger partial charge in [0.05, 0.1) is 6.17 Å². The number of carbonyl (C=O) groups is 1. The predicted octanol–water partition coefficient (Wildman–Crippen LogP) is -0.0166. The lowest BCUT2D eigenvalue weighted by Crippen LogP contribution is -2.33. The molecule has 1 amide bonds. The molecule has 0 spiro atoms. The summed E-state index contributed by atoms with van der Waals surface area (Å²) in [7, 11) is 0. The highest BCUT2D eigenvalue weighted by atomic mass is 16.1. The molecule has 52 valence electrons. The molecule has 0 bridgehead atoms. The number of carbonyl (C=O) groups excluding carboxylic acids is 1. The first kappa shape index (κ1) is 8.17. The normalized spacial score (nSPS) is 22.6. The number of rotatable bonds is 0. The van der Waals surface area contributed by atoms with E-state index in [0.717, 1.165) is 0 Å². The molecule has 3 heteroatoms. The maximum absolute atomic E-state index is 10.2. The number of nitrogens with two attached hydrogens (primary N) is 1. The summed E-state index contributed by atoms with van der Waals surface area (Å²) in [5, 5.41) is 2.44. The summed E-state index contributed by atoms with van der Waals surface area (Å²) >= 11 is 0. The maximum Gasteiger partial charge on any atom is 0.245 e. The van der Waals surface area contributed by atoms with E-state index >= 15 is 0 Å². The summed E-state index contributed by atoms with van der Waals surface area (Å²) in [5.74, 6) is -0.104. The van der Waals surface area contributed by atoms with E-state index in [1.165, 1.54) is 6.08 Å². The Labute approximate surface area is 54.9 Å². The zero-order valence-corrected chi connectivity index (χ0v) is 5.72. The van der Waals surface area contributed by atoms with Crippen LogP contribution in [-0.4, -0.2) is 12.1 Å². The summed E-state index contributed by atoms with van der Waals surface area (Å²) in [6.45, 7) is 4.00. The molecule has 1 atom stereocenters. The molecular formula is C6H12N2O. The lowest BCUT2D eigenvalue weighted by molar-refractivity contribution is -0.116. The first-order chi connectivity index (χ1) is 4.29. The quantitative estimate of drug-likeness (QED) is 0.482. The van der Waals surface area contributed by atoms with Crippen LogP contribution in [0.4, 0.5) is 0 Å². The Morgan fingerprint density at radius 2 is 2.22 bits per heavy atom. The van der Waals surface area contributed by atoms with Gasteiger partial charge in [-0.3, -0.25) is 4.79 Å². The van der Waals surface area contributed by atoms with Crippen LogP contribution in [0.3, 0.4) is 0 Å². The Bertz CT molecular complexity index is 120. The second-order valence-electron chi connectivity index (χ2n) is 1.39. The average molecular weight is 128 g/mol. The van der Waals surface area contributed by atoms with Crippen molar-refractivity contribution in [3.63, 3.8) is 0 Å². The minimum atomic E-state index is -0.257. The highest BCUT2D eigenvalue weighted by molar-refractivity contribution is 5.90. The first-order valence-electron chi connectivity index (χ1n) is 3.03. The van der Waals surface area contributed by atoms with Gasteiger partial charge in [0.2, 0.25) is 5.91 Å². The molecule has 0 saturated heterocycles. The molecule has 3 nitrogen and oxygen atoms in total. The molecule has 0 radical (unpaired) electrons. The Kier molecular flexibility index (Phi) is 3.71.